The van der Waals surface area contributed by atoms with E-state index in [1.54, 1.807) is 0 Å². The summed E-state index contributed by atoms with van der Waals surface area (Å²) >= 11 is 0. The fraction of sp³-hybridized carbons (Fsp3) is 0.600. The number of ether oxygens (including phenoxy) is 2. The third kappa shape index (κ3) is 8.24. The highest BCUT2D eigenvalue weighted by Gasteiger charge is 2.21. The number of rotatable bonds is 11. The van der Waals surface area contributed by atoms with Gasteiger partial charge in [-0.05, 0) is 23.1 Å². The van der Waals surface area contributed by atoms with E-state index in [0.717, 1.165) is 23.8 Å². The van der Waals surface area contributed by atoms with Gasteiger partial charge in [0.05, 0.1) is 12.2 Å². The Morgan fingerprint density at radius 1 is 1.17 bits per heavy atom. The number of benzene rings is 1. The Morgan fingerprint density at radius 3 is 2.33 bits per heavy atom. The zero-order valence-corrected chi connectivity index (χ0v) is 16.9. The first kappa shape index (κ1) is 21.1. The molecule has 0 amide bonds. The van der Waals surface area contributed by atoms with E-state index in [0.29, 0.717) is 12.3 Å². The predicted molar refractivity (Wildman–Crippen MR) is 104 cm³/mol. The van der Waals surface area contributed by atoms with Crippen LogP contribution in [-0.4, -0.2) is 32.7 Å². The molecule has 1 aromatic rings. The van der Waals surface area contributed by atoms with Gasteiger partial charge in [-0.2, -0.15) is 0 Å². The van der Waals surface area contributed by atoms with Crippen molar-refractivity contribution in [3.8, 4) is 0 Å². The van der Waals surface area contributed by atoms with E-state index in [4.69, 9.17) is 9.47 Å². The maximum Gasteiger partial charge on any atom is 0.147 e. The second-order valence-corrected chi connectivity index (χ2v) is 13.6. The van der Waals surface area contributed by atoms with E-state index in [2.05, 4.69) is 40.1 Å². The lowest BCUT2D eigenvalue weighted by molar-refractivity contribution is -0.0887. The predicted octanol–water partition coefficient (Wildman–Crippen LogP) is 5.02. The Hall–Kier alpha value is -0.943. The molecule has 0 heterocycles. The van der Waals surface area contributed by atoms with E-state index >= 15 is 0 Å². The second-order valence-electron chi connectivity index (χ2n) is 7.96. The van der Waals surface area contributed by atoms with E-state index in [1.165, 1.54) is 0 Å². The summed E-state index contributed by atoms with van der Waals surface area (Å²) in [6.07, 6.45) is -0.145. The zero-order chi connectivity index (χ0) is 18.2. The highest BCUT2D eigenvalue weighted by molar-refractivity contribution is 6.76. The zero-order valence-electron chi connectivity index (χ0n) is 15.9. The van der Waals surface area contributed by atoms with Gasteiger partial charge in [0.15, 0.2) is 0 Å². The fourth-order valence-electron chi connectivity index (χ4n) is 2.50. The topological polar surface area (TPSA) is 38.7 Å². The lowest BCUT2D eigenvalue weighted by atomic mass is 9.93. The summed E-state index contributed by atoms with van der Waals surface area (Å²) in [4.78, 5) is 0. The fourth-order valence-corrected chi connectivity index (χ4v) is 3.25. The average molecular weight is 351 g/mol. The Bertz CT molecular complexity index is 479. The minimum absolute atomic E-state index is 0.102. The lowest BCUT2D eigenvalue weighted by Crippen LogP contribution is -2.26. The summed E-state index contributed by atoms with van der Waals surface area (Å²) in [6, 6.07) is 10.8. The van der Waals surface area contributed by atoms with Crippen LogP contribution in [0.1, 0.15) is 31.9 Å². The number of aliphatic hydroxyl groups is 1. The lowest BCUT2D eigenvalue weighted by Gasteiger charge is -2.25. The van der Waals surface area contributed by atoms with Gasteiger partial charge in [-0.15, -0.1) is 0 Å². The van der Waals surface area contributed by atoms with E-state index in [9.17, 15) is 5.11 Å². The minimum atomic E-state index is -1.07. The summed E-state index contributed by atoms with van der Waals surface area (Å²) < 4.78 is 11.5. The van der Waals surface area contributed by atoms with Crippen molar-refractivity contribution in [3.63, 3.8) is 0 Å². The molecule has 3 nitrogen and oxygen atoms in total. The normalized spacial score (nSPS) is 14.6. The molecule has 0 radical (unpaired) electrons. The van der Waals surface area contributed by atoms with E-state index < -0.39 is 14.2 Å². The molecule has 0 saturated carbocycles. The van der Waals surface area contributed by atoms with Gasteiger partial charge in [-0.1, -0.05) is 70.4 Å². The molecule has 0 aromatic heterocycles. The maximum absolute atomic E-state index is 10.4. The quantitative estimate of drug-likeness (QED) is 0.263. The van der Waals surface area contributed by atoms with Crippen molar-refractivity contribution in [1.29, 1.82) is 0 Å². The van der Waals surface area contributed by atoms with Gasteiger partial charge in [-0.25, -0.2) is 0 Å². The molecule has 0 unspecified atom stereocenters. The standard InChI is InChI=1S/C20H34O3Si/c1-16(2)20(23-15-22-12-13-24(4,5)6)17(3)14-19(21)18-10-8-7-9-11-18/h7-11,16,19-21H,3,12-15H2,1-2,4-6H3/t19-,20-/m1/s1. The molecule has 136 valence electrons. The molecular weight excluding hydrogens is 316 g/mol. The first-order valence-electron chi connectivity index (χ1n) is 8.80. The molecule has 0 aliphatic heterocycles. The smallest absolute Gasteiger partial charge is 0.147 e. The largest absolute Gasteiger partial charge is 0.388 e. The highest BCUT2D eigenvalue weighted by atomic mass is 28.3. The van der Waals surface area contributed by atoms with Gasteiger partial charge < -0.3 is 14.6 Å². The monoisotopic (exact) mass is 350 g/mol. The molecule has 1 rings (SSSR count). The molecule has 0 bridgehead atoms. The van der Waals surface area contributed by atoms with Crippen molar-refractivity contribution in [2.45, 2.75) is 58.2 Å². The average Bonchev–Trinajstić information content (AvgIpc) is 2.50. The number of hydrogen-bond donors (Lipinski definition) is 1. The first-order chi connectivity index (χ1) is 11.2. The molecule has 0 saturated heterocycles. The molecule has 1 N–H and O–H groups in total. The van der Waals surface area contributed by atoms with Crippen LogP contribution in [0.3, 0.4) is 0 Å². The van der Waals surface area contributed by atoms with E-state index in [1.807, 2.05) is 30.3 Å². The molecule has 4 heteroatoms. The first-order valence-corrected chi connectivity index (χ1v) is 12.5. The van der Waals surface area contributed by atoms with Crippen LogP contribution >= 0.6 is 0 Å². The summed E-state index contributed by atoms with van der Waals surface area (Å²) in [7, 11) is -1.07. The number of aliphatic hydroxyl groups excluding tert-OH is 1. The Balaban J connectivity index is 2.45. The van der Waals surface area contributed by atoms with Crippen LogP contribution in [0, 0.1) is 5.92 Å². The van der Waals surface area contributed by atoms with E-state index in [-0.39, 0.29) is 12.9 Å². The van der Waals surface area contributed by atoms with Crippen LogP contribution in [0.15, 0.2) is 42.5 Å². The third-order valence-corrected chi connectivity index (χ3v) is 5.68. The van der Waals surface area contributed by atoms with Gasteiger partial charge in [-0.3, -0.25) is 0 Å². The van der Waals surface area contributed by atoms with Gasteiger partial charge in [0.2, 0.25) is 0 Å². The van der Waals surface area contributed by atoms with Crippen LogP contribution in [0.25, 0.3) is 0 Å². The molecule has 0 aliphatic rings. The van der Waals surface area contributed by atoms with Crippen LogP contribution in [0.2, 0.25) is 25.7 Å². The van der Waals surface area contributed by atoms with Gasteiger partial charge in [0.1, 0.15) is 6.79 Å². The van der Waals surface area contributed by atoms with Crippen molar-refractivity contribution in [2.75, 3.05) is 13.4 Å². The SMILES string of the molecule is C=C(C[C@@H](O)c1ccccc1)[C@H](OCOCC[Si](C)(C)C)C(C)C. The third-order valence-electron chi connectivity index (χ3n) is 3.98. The maximum atomic E-state index is 10.4. The summed E-state index contributed by atoms with van der Waals surface area (Å²) in [5.74, 6) is 0.293. The molecule has 0 fully saturated rings. The van der Waals surface area contributed by atoms with Crippen molar-refractivity contribution in [2.24, 2.45) is 5.92 Å². The Morgan fingerprint density at radius 2 is 1.79 bits per heavy atom. The Kier molecular flexibility index (Phi) is 8.91. The van der Waals surface area contributed by atoms with Gasteiger partial charge in [0, 0.05) is 21.1 Å². The second kappa shape index (κ2) is 10.1. The molecule has 1 aromatic carbocycles. The van der Waals surface area contributed by atoms with Crippen molar-refractivity contribution in [1.82, 2.24) is 0 Å². The summed E-state index contributed by atoms with van der Waals surface area (Å²) in [5.41, 5.74) is 1.82. The van der Waals surface area contributed by atoms with Crippen molar-refractivity contribution >= 4 is 8.07 Å². The van der Waals surface area contributed by atoms with Gasteiger partial charge in [0.25, 0.3) is 0 Å². The Labute approximate surface area is 148 Å². The molecule has 24 heavy (non-hydrogen) atoms. The summed E-state index contributed by atoms with van der Waals surface area (Å²) in [5, 5.41) is 10.4. The van der Waals surface area contributed by atoms with Crippen LogP contribution in [0.5, 0.6) is 0 Å². The van der Waals surface area contributed by atoms with Crippen LogP contribution in [0.4, 0.5) is 0 Å². The molecule has 2 atom stereocenters. The molecule has 0 spiro atoms. The summed E-state index contributed by atoms with van der Waals surface area (Å²) in [6.45, 7) is 16.4. The van der Waals surface area contributed by atoms with Crippen molar-refractivity contribution < 1.29 is 14.6 Å². The van der Waals surface area contributed by atoms with Gasteiger partial charge >= 0.3 is 0 Å². The highest BCUT2D eigenvalue weighted by Crippen LogP contribution is 2.26. The van der Waals surface area contributed by atoms with Crippen LogP contribution < -0.4 is 0 Å². The molecular formula is C20H34O3Si. The van der Waals surface area contributed by atoms with Crippen molar-refractivity contribution in [3.05, 3.63) is 48.0 Å². The molecule has 0 aliphatic carbocycles. The van der Waals surface area contributed by atoms with Crippen LogP contribution in [-0.2, 0) is 9.47 Å². The number of hydrogen-bond acceptors (Lipinski definition) is 3. The minimum Gasteiger partial charge on any atom is -0.388 e.